The van der Waals surface area contributed by atoms with E-state index in [4.69, 9.17) is 0 Å². The zero-order chi connectivity index (χ0) is 24.6. The quantitative estimate of drug-likeness (QED) is 0.0717. The van der Waals surface area contributed by atoms with Crippen LogP contribution in [0.15, 0.2) is 24.8 Å². The van der Waals surface area contributed by atoms with Crippen molar-refractivity contribution in [3.05, 3.63) is 24.8 Å². The third-order valence-electron chi connectivity index (χ3n) is 7.42. The summed E-state index contributed by atoms with van der Waals surface area (Å²) in [5.41, 5.74) is 0. The lowest BCUT2D eigenvalue weighted by molar-refractivity contribution is 0.536. The Kier molecular flexibility index (Phi) is 32.0. The van der Waals surface area contributed by atoms with Gasteiger partial charge in [-0.1, -0.05) is 173 Å². The third kappa shape index (κ3) is 31.5. The van der Waals surface area contributed by atoms with E-state index in [1.165, 1.54) is 186 Å². The van der Waals surface area contributed by atoms with Gasteiger partial charge in [-0.3, -0.25) is 0 Å². The molecule has 0 nitrogen and oxygen atoms in total. The van der Waals surface area contributed by atoms with Crippen molar-refractivity contribution in [2.75, 3.05) is 0 Å². The highest BCUT2D eigenvalue weighted by Gasteiger charge is 1.95. The smallest absolute Gasteiger partial charge is 0.0351 e. The molecule has 0 aromatic rings. The van der Waals surface area contributed by atoms with Crippen LogP contribution in [0.3, 0.4) is 0 Å². The van der Waals surface area contributed by atoms with Crippen molar-refractivity contribution in [1.82, 2.24) is 0 Å². The van der Waals surface area contributed by atoms with Crippen molar-refractivity contribution >= 4 is 0 Å². The van der Waals surface area contributed by atoms with Crippen LogP contribution in [0.2, 0.25) is 0 Å². The zero-order valence-electron chi connectivity index (χ0n) is 23.9. The molecule has 0 fully saturated rings. The van der Waals surface area contributed by atoms with E-state index in [0.29, 0.717) is 0 Å². The van der Waals surface area contributed by atoms with Crippen molar-refractivity contribution in [2.24, 2.45) is 0 Å². The van der Waals surface area contributed by atoms with E-state index in [1.54, 1.807) is 0 Å². The summed E-state index contributed by atoms with van der Waals surface area (Å²) in [6, 6.07) is 0. The molecule has 0 spiro atoms. The molecule has 0 aliphatic heterocycles. The fourth-order valence-electron chi connectivity index (χ4n) is 5.01. The summed E-state index contributed by atoms with van der Waals surface area (Å²) < 4.78 is 0. The summed E-state index contributed by atoms with van der Waals surface area (Å²) >= 11 is 0. The molecule has 34 heavy (non-hydrogen) atoms. The van der Waals surface area contributed by atoms with Gasteiger partial charge in [0.25, 0.3) is 0 Å². The van der Waals surface area contributed by atoms with Crippen LogP contribution in [0.25, 0.3) is 0 Å². The predicted molar refractivity (Wildman–Crippen MR) is 159 cm³/mol. The van der Waals surface area contributed by atoms with Crippen molar-refractivity contribution in [1.29, 1.82) is 0 Å². The Balaban J connectivity index is 3.07. The zero-order valence-corrected chi connectivity index (χ0v) is 23.9. The minimum atomic E-state index is 1.20. The van der Waals surface area contributed by atoms with Gasteiger partial charge in [-0.2, -0.15) is 0 Å². The molecule has 0 unspecified atom stereocenters. The second-order valence-corrected chi connectivity index (χ2v) is 11.0. The SMILES string of the molecule is C=CCCCCCCCCCCCCCCC=CCCCCCCCCCCCCCCCC. The lowest BCUT2D eigenvalue weighted by Crippen LogP contribution is -1.83. The summed E-state index contributed by atoms with van der Waals surface area (Å²) in [6.07, 6.45) is 48.4. The molecular weight excluding hydrogens is 408 g/mol. The Morgan fingerprint density at radius 3 is 0.824 bits per heavy atom. The number of unbranched alkanes of at least 4 members (excludes halogenated alkanes) is 27. The molecule has 0 N–H and O–H groups in total. The molecule has 0 aromatic carbocycles. The maximum atomic E-state index is 3.80. The molecule has 0 heteroatoms. The third-order valence-corrected chi connectivity index (χ3v) is 7.42. The summed E-state index contributed by atoms with van der Waals surface area (Å²) in [7, 11) is 0. The highest BCUT2D eigenvalue weighted by molar-refractivity contribution is 4.81. The lowest BCUT2D eigenvalue weighted by atomic mass is 10.0. The summed E-state index contributed by atoms with van der Waals surface area (Å²) in [4.78, 5) is 0. The van der Waals surface area contributed by atoms with Crippen LogP contribution < -0.4 is 0 Å². The van der Waals surface area contributed by atoms with E-state index >= 15 is 0 Å². The van der Waals surface area contributed by atoms with Crippen LogP contribution in [0.4, 0.5) is 0 Å². The van der Waals surface area contributed by atoms with E-state index in [1.807, 2.05) is 0 Å². The fraction of sp³-hybridized carbons (Fsp3) is 0.882. The Labute approximate surface area is 217 Å². The summed E-state index contributed by atoms with van der Waals surface area (Å²) in [5.74, 6) is 0. The van der Waals surface area contributed by atoms with Gasteiger partial charge in [0.1, 0.15) is 0 Å². The van der Waals surface area contributed by atoms with E-state index in [9.17, 15) is 0 Å². The molecule has 0 heterocycles. The highest BCUT2D eigenvalue weighted by Crippen LogP contribution is 2.15. The van der Waals surface area contributed by atoms with Crippen LogP contribution in [0.5, 0.6) is 0 Å². The fourth-order valence-corrected chi connectivity index (χ4v) is 5.01. The number of hydrogen-bond donors (Lipinski definition) is 0. The minimum absolute atomic E-state index is 1.20. The molecule has 0 aliphatic rings. The van der Waals surface area contributed by atoms with E-state index < -0.39 is 0 Å². The van der Waals surface area contributed by atoms with Crippen molar-refractivity contribution in [2.45, 2.75) is 193 Å². The van der Waals surface area contributed by atoms with Crippen molar-refractivity contribution < 1.29 is 0 Å². The molecule has 0 amide bonds. The first-order valence-corrected chi connectivity index (χ1v) is 16.2. The van der Waals surface area contributed by atoms with Gasteiger partial charge < -0.3 is 0 Å². The monoisotopic (exact) mass is 475 g/mol. The second kappa shape index (κ2) is 32.5. The van der Waals surface area contributed by atoms with Crippen LogP contribution in [0.1, 0.15) is 193 Å². The average molecular weight is 475 g/mol. The molecule has 0 bridgehead atoms. The van der Waals surface area contributed by atoms with Gasteiger partial charge >= 0.3 is 0 Å². The Hall–Kier alpha value is -0.520. The Bertz CT molecular complexity index is 379. The first-order chi connectivity index (χ1) is 16.9. The average Bonchev–Trinajstić information content (AvgIpc) is 2.85. The molecule has 0 aromatic heterocycles. The number of hydrogen-bond acceptors (Lipinski definition) is 0. The van der Waals surface area contributed by atoms with E-state index in [-0.39, 0.29) is 0 Å². The maximum absolute atomic E-state index is 3.80. The van der Waals surface area contributed by atoms with Gasteiger partial charge in [-0.25, -0.2) is 0 Å². The first-order valence-electron chi connectivity index (χ1n) is 16.2. The molecule has 0 aliphatic carbocycles. The van der Waals surface area contributed by atoms with Crippen LogP contribution in [0, 0.1) is 0 Å². The summed E-state index contributed by atoms with van der Waals surface area (Å²) in [6.45, 7) is 6.10. The molecule has 0 atom stereocenters. The van der Waals surface area contributed by atoms with Crippen molar-refractivity contribution in [3.8, 4) is 0 Å². The molecule has 202 valence electrons. The Morgan fingerprint density at radius 2 is 0.559 bits per heavy atom. The molecule has 0 rings (SSSR count). The summed E-state index contributed by atoms with van der Waals surface area (Å²) in [5, 5.41) is 0. The predicted octanol–water partition coefficient (Wildman–Crippen LogP) is 13.1. The standard InChI is InChI=1S/C34H66/c1-3-5-7-9-11-13-15-17-19-21-23-25-27-29-31-33-34-32-30-28-26-24-22-20-18-16-14-12-10-8-6-4-2/h3,33-34H,1,4-32H2,2H3. The van der Waals surface area contributed by atoms with Gasteiger partial charge in [-0.05, 0) is 38.5 Å². The van der Waals surface area contributed by atoms with Gasteiger partial charge in [-0.15, -0.1) is 6.58 Å². The van der Waals surface area contributed by atoms with Gasteiger partial charge in [0, 0.05) is 0 Å². The van der Waals surface area contributed by atoms with Gasteiger partial charge in [0.2, 0.25) is 0 Å². The van der Waals surface area contributed by atoms with Gasteiger partial charge in [0.15, 0.2) is 0 Å². The molecule has 0 saturated carbocycles. The highest BCUT2D eigenvalue weighted by atomic mass is 14.0. The maximum Gasteiger partial charge on any atom is -0.0351 e. The number of allylic oxidation sites excluding steroid dienone is 3. The normalized spacial score (nSPS) is 11.6. The first kappa shape index (κ1) is 33.5. The van der Waals surface area contributed by atoms with E-state index in [2.05, 4.69) is 31.7 Å². The topological polar surface area (TPSA) is 0 Å². The molecule has 0 saturated heterocycles. The van der Waals surface area contributed by atoms with Crippen LogP contribution in [-0.2, 0) is 0 Å². The van der Waals surface area contributed by atoms with Crippen molar-refractivity contribution in [3.63, 3.8) is 0 Å². The largest absolute Gasteiger partial charge is 0.103 e. The lowest BCUT2D eigenvalue weighted by Gasteiger charge is -2.03. The van der Waals surface area contributed by atoms with Crippen LogP contribution in [-0.4, -0.2) is 0 Å². The molecule has 0 radical (unpaired) electrons. The van der Waals surface area contributed by atoms with E-state index in [0.717, 1.165) is 0 Å². The second-order valence-electron chi connectivity index (χ2n) is 11.0. The molecular formula is C34H66. The number of rotatable bonds is 30. The van der Waals surface area contributed by atoms with Gasteiger partial charge in [0.05, 0.1) is 0 Å². The minimum Gasteiger partial charge on any atom is -0.103 e. The van der Waals surface area contributed by atoms with Crippen LogP contribution >= 0.6 is 0 Å². The Morgan fingerprint density at radius 1 is 0.324 bits per heavy atom.